The number of rotatable bonds is 6. The number of imidazole rings is 1. The van der Waals surface area contributed by atoms with E-state index in [0.717, 1.165) is 43.3 Å². The largest absolute Gasteiger partial charge is 0.375 e. The van der Waals surface area contributed by atoms with E-state index in [1.165, 1.54) is 24.1 Å². The van der Waals surface area contributed by atoms with Crippen molar-refractivity contribution >= 4 is 0 Å². The third kappa shape index (κ3) is 3.30. The fourth-order valence-electron chi connectivity index (χ4n) is 3.59. The maximum absolute atomic E-state index is 5.52. The van der Waals surface area contributed by atoms with E-state index in [4.69, 9.17) is 9.72 Å². The van der Waals surface area contributed by atoms with Gasteiger partial charge in [-0.2, -0.15) is 5.10 Å². The summed E-state index contributed by atoms with van der Waals surface area (Å²) < 4.78 is 7.47. The molecule has 0 bridgehead atoms. The van der Waals surface area contributed by atoms with Gasteiger partial charge in [-0.3, -0.25) is 4.90 Å². The Morgan fingerprint density at radius 2 is 2.08 bits per heavy atom. The lowest BCUT2D eigenvalue weighted by Gasteiger charge is -2.19. The Morgan fingerprint density at radius 3 is 2.88 bits per heavy atom. The molecule has 0 unspecified atom stereocenters. The van der Waals surface area contributed by atoms with Crippen LogP contribution in [0.15, 0.2) is 42.7 Å². The van der Waals surface area contributed by atoms with Crippen molar-refractivity contribution in [1.82, 2.24) is 24.6 Å². The molecule has 3 heterocycles. The van der Waals surface area contributed by atoms with Crippen molar-refractivity contribution < 1.29 is 4.74 Å². The number of fused-ring (bicyclic) bond motifs is 1. The molecule has 2 aliphatic rings. The van der Waals surface area contributed by atoms with Crippen LogP contribution in [0.5, 0.6) is 0 Å². The molecule has 1 aliphatic heterocycles. The number of nitrogens with zero attached hydrogens (tertiary/aromatic N) is 4. The molecule has 5 rings (SSSR count). The molecular formula is C20H23N5O. The second-order valence-electron chi connectivity index (χ2n) is 7.18. The average Bonchev–Trinajstić information content (AvgIpc) is 3.28. The van der Waals surface area contributed by atoms with Crippen LogP contribution >= 0.6 is 0 Å². The van der Waals surface area contributed by atoms with Gasteiger partial charge in [0.15, 0.2) is 0 Å². The summed E-state index contributed by atoms with van der Waals surface area (Å²) in [4.78, 5) is 10.8. The van der Waals surface area contributed by atoms with Crippen molar-refractivity contribution in [2.45, 2.75) is 45.0 Å². The van der Waals surface area contributed by atoms with Gasteiger partial charge in [-0.15, -0.1) is 0 Å². The van der Waals surface area contributed by atoms with Gasteiger partial charge in [0, 0.05) is 30.8 Å². The molecule has 0 amide bonds. The number of H-pyrrole nitrogens is 1. The minimum absolute atomic E-state index is 0.661. The summed E-state index contributed by atoms with van der Waals surface area (Å²) in [7, 11) is 0. The molecule has 0 saturated heterocycles. The first-order valence-electron chi connectivity index (χ1n) is 9.32. The Balaban J connectivity index is 1.31. The summed E-state index contributed by atoms with van der Waals surface area (Å²) in [5.41, 5.74) is 4.66. The highest BCUT2D eigenvalue weighted by molar-refractivity contribution is 5.31. The monoisotopic (exact) mass is 349 g/mol. The number of benzene rings is 1. The van der Waals surface area contributed by atoms with Crippen LogP contribution in [0.1, 0.15) is 35.6 Å². The molecule has 134 valence electrons. The van der Waals surface area contributed by atoms with Crippen LogP contribution in [0.3, 0.4) is 0 Å². The lowest BCUT2D eigenvalue weighted by Crippen LogP contribution is -2.25. The molecule has 3 aromatic rings. The Kier molecular flexibility index (Phi) is 4.07. The van der Waals surface area contributed by atoms with Gasteiger partial charge < -0.3 is 9.72 Å². The Labute approximate surface area is 152 Å². The number of nitrogens with one attached hydrogen (secondary N) is 1. The average molecular weight is 349 g/mol. The normalized spacial score (nSPS) is 16.8. The maximum Gasteiger partial charge on any atom is 0.120 e. The van der Waals surface area contributed by atoms with Gasteiger partial charge in [0.2, 0.25) is 0 Å². The fourth-order valence-corrected chi connectivity index (χ4v) is 3.59. The van der Waals surface area contributed by atoms with Crippen LogP contribution in [-0.2, 0) is 30.9 Å². The number of ether oxygens (including phenoxy) is 1. The van der Waals surface area contributed by atoms with E-state index in [9.17, 15) is 0 Å². The van der Waals surface area contributed by atoms with E-state index in [2.05, 4.69) is 33.3 Å². The molecule has 1 N–H and O–H groups in total. The zero-order chi connectivity index (χ0) is 17.3. The highest BCUT2D eigenvalue weighted by Gasteiger charge is 2.30. The van der Waals surface area contributed by atoms with Crippen LogP contribution in [0.4, 0.5) is 0 Å². The smallest absolute Gasteiger partial charge is 0.120 e. The molecular weight excluding hydrogens is 326 g/mol. The first-order chi connectivity index (χ1) is 12.8. The van der Waals surface area contributed by atoms with Gasteiger partial charge in [-0.25, -0.2) is 9.67 Å². The molecule has 1 aromatic carbocycles. The van der Waals surface area contributed by atoms with Crippen molar-refractivity contribution in [2.75, 3.05) is 6.61 Å². The molecule has 0 spiro atoms. The minimum Gasteiger partial charge on any atom is -0.375 e. The van der Waals surface area contributed by atoms with E-state index in [1.54, 1.807) is 0 Å². The van der Waals surface area contributed by atoms with Gasteiger partial charge in [-0.1, -0.05) is 18.2 Å². The van der Waals surface area contributed by atoms with Crippen LogP contribution in [0, 0.1) is 0 Å². The van der Waals surface area contributed by atoms with E-state index in [1.807, 2.05) is 29.1 Å². The van der Waals surface area contributed by atoms with Crippen molar-refractivity contribution in [3.63, 3.8) is 0 Å². The second-order valence-corrected chi connectivity index (χ2v) is 7.18. The van der Waals surface area contributed by atoms with E-state index in [-0.39, 0.29) is 0 Å². The third-order valence-corrected chi connectivity index (χ3v) is 5.10. The minimum atomic E-state index is 0.661. The third-order valence-electron chi connectivity index (χ3n) is 5.10. The summed E-state index contributed by atoms with van der Waals surface area (Å²) in [6.07, 6.45) is 7.57. The fraction of sp³-hybridized carbons (Fsp3) is 0.400. The van der Waals surface area contributed by atoms with Crippen molar-refractivity contribution in [3.05, 3.63) is 65.5 Å². The Bertz CT molecular complexity index is 857. The molecule has 26 heavy (non-hydrogen) atoms. The number of hydrogen-bond acceptors (Lipinski definition) is 4. The molecule has 2 aromatic heterocycles. The van der Waals surface area contributed by atoms with Crippen molar-refractivity contribution in [2.24, 2.45) is 0 Å². The first kappa shape index (κ1) is 15.8. The SMILES string of the molecule is c1ccc(-n2cc(CN(Cc3nc4c([nH]3)COCC4)C3CC3)cn2)cc1. The highest BCUT2D eigenvalue weighted by Crippen LogP contribution is 2.30. The standard InChI is InChI=1S/C20H23N5O/c1-2-4-17(5-3-1)25-12-15(10-21-25)11-24(16-6-7-16)13-20-22-18-8-9-26-14-19(18)23-20/h1-5,10,12,16H,6-9,11,13-14H2,(H,22,23). The Hall–Kier alpha value is -2.44. The zero-order valence-corrected chi connectivity index (χ0v) is 14.8. The number of hydrogen-bond donors (Lipinski definition) is 1. The molecule has 0 radical (unpaired) electrons. The maximum atomic E-state index is 5.52. The van der Waals surface area contributed by atoms with Crippen LogP contribution < -0.4 is 0 Å². The molecule has 1 aliphatic carbocycles. The van der Waals surface area contributed by atoms with E-state index < -0.39 is 0 Å². The van der Waals surface area contributed by atoms with Gasteiger partial charge in [0.05, 0.1) is 43.0 Å². The van der Waals surface area contributed by atoms with E-state index in [0.29, 0.717) is 12.6 Å². The highest BCUT2D eigenvalue weighted by atomic mass is 16.5. The van der Waals surface area contributed by atoms with Crippen LogP contribution in [0.25, 0.3) is 5.69 Å². The summed E-state index contributed by atoms with van der Waals surface area (Å²) in [5, 5.41) is 4.53. The summed E-state index contributed by atoms with van der Waals surface area (Å²) in [6.45, 7) is 3.20. The quantitative estimate of drug-likeness (QED) is 0.743. The Morgan fingerprint density at radius 1 is 1.19 bits per heavy atom. The van der Waals surface area contributed by atoms with Gasteiger partial charge in [-0.05, 0) is 25.0 Å². The number of para-hydroxylation sites is 1. The predicted molar refractivity (Wildman–Crippen MR) is 97.8 cm³/mol. The molecule has 0 atom stereocenters. The summed E-state index contributed by atoms with van der Waals surface area (Å²) in [6, 6.07) is 10.9. The van der Waals surface area contributed by atoms with Gasteiger partial charge >= 0.3 is 0 Å². The topological polar surface area (TPSA) is 59.0 Å². The number of aromatic nitrogens is 4. The molecule has 1 saturated carbocycles. The van der Waals surface area contributed by atoms with Gasteiger partial charge in [0.25, 0.3) is 0 Å². The van der Waals surface area contributed by atoms with Crippen molar-refractivity contribution in [3.8, 4) is 5.69 Å². The van der Waals surface area contributed by atoms with Crippen LogP contribution in [0.2, 0.25) is 0 Å². The predicted octanol–water partition coefficient (Wildman–Crippen LogP) is 2.83. The summed E-state index contributed by atoms with van der Waals surface area (Å²) >= 11 is 0. The lowest BCUT2D eigenvalue weighted by molar-refractivity contribution is 0.107. The molecule has 6 nitrogen and oxygen atoms in total. The number of aromatic amines is 1. The zero-order valence-electron chi connectivity index (χ0n) is 14.8. The van der Waals surface area contributed by atoms with Crippen molar-refractivity contribution in [1.29, 1.82) is 0 Å². The molecule has 6 heteroatoms. The van der Waals surface area contributed by atoms with Crippen LogP contribution in [-0.4, -0.2) is 37.3 Å². The van der Waals surface area contributed by atoms with E-state index >= 15 is 0 Å². The molecule has 1 fully saturated rings. The summed E-state index contributed by atoms with van der Waals surface area (Å²) in [5.74, 6) is 1.06. The van der Waals surface area contributed by atoms with Gasteiger partial charge in [0.1, 0.15) is 5.82 Å². The second kappa shape index (κ2) is 6.70. The first-order valence-corrected chi connectivity index (χ1v) is 9.32. The lowest BCUT2D eigenvalue weighted by atomic mass is 10.2.